The highest BCUT2D eigenvalue weighted by Gasteiger charge is 1.99. The van der Waals surface area contributed by atoms with Gasteiger partial charge in [-0.1, -0.05) is 18.2 Å². The average Bonchev–Trinajstić information content (AvgIpc) is 2.26. The normalized spacial score (nSPS) is 11.0. The lowest BCUT2D eigenvalue weighted by Crippen LogP contribution is -2.08. The number of carboxylic acids is 1. The Kier molecular flexibility index (Phi) is 2.55. The van der Waals surface area contributed by atoms with Gasteiger partial charge in [0.15, 0.2) is 0 Å². The second kappa shape index (κ2) is 4.02. The predicted octanol–water partition coefficient (Wildman–Crippen LogP) is 1.63. The molecule has 1 aromatic heterocycles. The number of H-pyrrole nitrogens is 1. The van der Waals surface area contributed by atoms with Crippen LogP contribution in [0.2, 0.25) is 0 Å². The molecular formula is C12H9NO3. The van der Waals surface area contributed by atoms with E-state index in [1.807, 2.05) is 18.2 Å². The average molecular weight is 215 g/mol. The summed E-state index contributed by atoms with van der Waals surface area (Å²) in [5.41, 5.74) is 0.775. The van der Waals surface area contributed by atoms with Gasteiger partial charge in [0.1, 0.15) is 0 Å². The van der Waals surface area contributed by atoms with Crippen LogP contribution in [0.15, 0.2) is 41.2 Å². The van der Waals surface area contributed by atoms with Crippen LogP contribution >= 0.6 is 0 Å². The number of carbonyl (C=O) groups is 1. The number of pyridine rings is 1. The number of rotatable bonds is 2. The van der Waals surface area contributed by atoms with E-state index < -0.39 is 5.97 Å². The molecule has 2 rings (SSSR count). The molecule has 2 aromatic rings. The van der Waals surface area contributed by atoms with Crippen LogP contribution in [-0.4, -0.2) is 16.1 Å². The molecule has 0 aliphatic carbocycles. The number of aromatic nitrogens is 1. The van der Waals surface area contributed by atoms with Crippen molar-refractivity contribution in [3.63, 3.8) is 0 Å². The van der Waals surface area contributed by atoms with Gasteiger partial charge in [-0.2, -0.15) is 0 Å². The molecule has 0 fully saturated rings. The maximum atomic E-state index is 11.5. The maximum absolute atomic E-state index is 11.5. The molecule has 0 unspecified atom stereocenters. The molecule has 1 heterocycles. The summed E-state index contributed by atoms with van der Waals surface area (Å²) in [4.78, 5) is 24.6. The van der Waals surface area contributed by atoms with E-state index in [1.165, 1.54) is 6.08 Å². The number of hydrogen-bond donors (Lipinski definition) is 2. The molecule has 0 bridgehead atoms. The fourth-order valence-corrected chi connectivity index (χ4v) is 1.45. The number of hydrogen-bond acceptors (Lipinski definition) is 2. The van der Waals surface area contributed by atoms with E-state index in [0.717, 1.165) is 17.0 Å². The zero-order chi connectivity index (χ0) is 11.5. The monoisotopic (exact) mass is 215 g/mol. The molecule has 0 saturated carbocycles. The quantitative estimate of drug-likeness (QED) is 0.748. The molecule has 0 saturated heterocycles. The van der Waals surface area contributed by atoms with Crippen molar-refractivity contribution in [2.45, 2.75) is 0 Å². The van der Waals surface area contributed by atoms with E-state index in [9.17, 15) is 9.59 Å². The molecule has 4 nitrogen and oxygen atoms in total. The van der Waals surface area contributed by atoms with Crippen LogP contribution < -0.4 is 5.56 Å². The molecule has 0 spiro atoms. The molecule has 1 aromatic carbocycles. The number of aromatic amines is 1. The van der Waals surface area contributed by atoms with Crippen LogP contribution in [-0.2, 0) is 4.79 Å². The number of para-hydroxylation sites is 1. The van der Waals surface area contributed by atoms with Gasteiger partial charge in [0.05, 0.1) is 0 Å². The second-order valence-corrected chi connectivity index (χ2v) is 3.31. The highest BCUT2D eigenvalue weighted by molar-refractivity contribution is 5.87. The molecule has 16 heavy (non-hydrogen) atoms. The van der Waals surface area contributed by atoms with Gasteiger partial charge >= 0.3 is 5.97 Å². The summed E-state index contributed by atoms with van der Waals surface area (Å²) in [6, 6.07) is 8.98. The zero-order valence-electron chi connectivity index (χ0n) is 8.31. The number of benzene rings is 1. The molecule has 0 amide bonds. The Morgan fingerprint density at radius 1 is 1.31 bits per heavy atom. The molecule has 0 aliphatic heterocycles. The van der Waals surface area contributed by atoms with E-state index >= 15 is 0 Å². The van der Waals surface area contributed by atoms with E-state index in [0.29, 0.717) is 5.56 Å². The molecular weight excluding hydrogens is 206 g/mol. The smallest absolute Gasteiger partial charge is 0.328 e. The number of nitrogens with one attached hydrogen (secondary N) is 1. The third-order valence-corrected chi connectivity index (χ3v) is 2.19. The van der Waals surface area contributed by atoms with Gasteiger partial charge < -0.3 is 10.1 Å². The lowest BCUT2D eigenvalue weighted by Gasteiger charge is -1.98. The third-order valence-electron chi connectivity index (χ3n) is 2.19. The fourth-order valence-electron chi connectivity index (χ4n) is 1.45. The molecule has 0 atom stereocenters. The first-order valence-corrected chi connectivity index (χ1v) is 4.70. The van der Waals surface area contributed by atoms with Crippen LogP contribution in [0.25, 0.3) is 17.0 Å². The van der Waals surface area contributed by atoms with Crippen LogP contribution in [0.3, 0.4) is 0 Å². The predicted molar refractivity (Wildman–Crippen MR) is 61.2 cm³/mol. The topological polar surface area (TPSA) is 70.2 Å². The van der Waals surface area contributed by atoms with E-state index in [2.05, 4.69) is 4.98 Å². The Bertz CT molecular complexity index is 625. The Hall–Kier alpha value is -2.36. The highest BCUT2D eigenvalue weighted by Crippen LogP contribution is 2.10. The van der Waals surface area contributed by atoms with Crippen molar-refractivity contribution in [2.24, 2.45) is 0 Å². The summed E-state index contributed by atoms with van der Waals surface area (Å²) in [5, 5.41) is 9.35. The van der Waals surface area contributed by atoms with Gasteiger partial charge in [-0.25, -0.2) is 4.79 Å². The Balaban J connectivity index is 2.59. The van der Waals surface area contributed by atoms with E-state index in [4.69, 9.17) is 5.11 Å². The molecule has 0 radical (unpaired) electrons. The van der Waals surface area contributed by atoms with Crippen molar-refractivity contribution in [3.05, 3.63) is 52.3 Å². The van der Waals surface area contributed by atoms with Crippen molar-refractivity contribution in [3.8, 4) is 0 Å². The number of fused-ring (bicyclic) bond motifs is 1. The van der Waals surface area contributed by atoms with Crippen molar-refractivity contribution in [1.82, 2.24) is 4.98 Å². The highest BCUT2D eigenvalue weighted by atomic mass is 16.4. The van der Waals surface area contributed by atoms with Gasteiger partial charge in [-0.15, -0.1) is 0 Å². The van der Waals surface area contributed by atoms with Crippen molar-refractivity contribution < 1.29 is 9.90 Å². The third kappa shape index (κ3) is 2.00. The summed E-state index contributed by atoms with van der Waals surface area (Å²) in [5.74, 6) is -1.08. The minimum atomic E-state index is -1.08. The van der Waals surface area contributed by atoms with E-state index in [1.54, 1.807) is 12.1 Å². The first-order chi connectivity index (χ1) is 7.66. The van der Waals surface area contributed by atoms with Crippen LogP contribution in [0.4, 0.5) is 0 Å². The zero-order valence-corrected chi connectivity index (χ0v) is 8.31. The summed E-state index contributed by atoms with van der Waals surface area (Å²) in [6.07, 6.45) is 2.23. The largest absolute Gasteiger partial charge is 0.478 e. The van der Waals surface area contributed by atoms with Crippen LogP contribution in [0.1, 0.15) is 5.56 Å². The number of aliphatic carboxylic acids is 1. The minimum absolute atomic E-state index is 0.295. The lowest BCUT2D eigenvalue weighted by molar-refractivity contribution is -0.131. The summed E-state index contributed by atoms with van der Waals surface area (Å²) >= 11 is 0. The summed E-state index contributed by atoms with van der Waals surface area (Å²) in [7, 11) is 0. The van der Waals surface area contributed by atoms with Gasteiger partial charge in [0.25, 0.3) is 5.56 Å². The van der Waals surface area contributed by atoms with Crippen molar-refractivity contribution in [2.75, 3.05) is 0 Å². The first-order valence-electron chi connectivity index (χ1n) is 4.70. The maximum Gasteiger partial charge on any atom is 0.328 e. The van der Waals surface area contributed by atoms with Crippen LogP contribution in [0.5, 0.6) is 0 Å². The summed E-state index contributed by atoms with van der Waals surface area (Å²) < 4.78 is 0. The molecule has 80 valence electrons. The first kappa shape index (κ1) is 10.2. The van der Waals surface area contributed by atoms with Gasteiger partial charge in [-0.05, 0) is 23.6 Å². The van der Waals surface area contributed by atoms with Crippen molar-refractivity contribution >= 4 is 22.9 Å². The fraction of sp³-hybridized carbons (Fsp3) is 0. The Morgan fingerprint density at radius 3 is 2.81 bits per heavy atom. The summed E-state index contributed by atoms with van der Waals surface area (Å²) in [6.45, 7) is 0. The standard InChI is InChI=1S/C12H9NO3/c14-11(15)6-5-9-7-8-3-1-2-4-10(8)13-12(9)16/h1-7H,(H,13,16)(H,14,15)/b6-5-. The van der Waals surface area contributed by atoms with Gasteiger partial charge in [0, 0.05) is 17.2 Å². The van der Waals surface area contributed by atoms with Crippen LogP contribution in [0, 0.1) is 0 Å². The molecule has 0 aliphatic rings. The minimum Gasteiger partial charge on any atom is -0.478 e. The Labute approximate surface area is 90.9 Å². The molecule has 4 heteroatoms. The Morgan fingerprint density at radius 2 is 2.06 bits per heavy atom. The van der Waals surface area contributed by atoms with Crippen molar-refractivity contribution in [1.29, 1.82) is 0 Å². The van der Waals surface area contributed by atoms with Gasteiger partial charge in [0.2, 0.25) is 0 Å². The van der Waals surface area contributed by atoms with Gasteiger partial charge in [-0.3, -0.25) is 4.79 Å². The second-order valence-electron chi connectivity index (χ2n) is 3.31. The number of carboxylic acid groups (broad SMARTS) is 1. The lowest BCUT2D eigenvalue weighted by atomic mass is 10.1. The SMILES string of the molecule is O=C(O)/C=C\c1cc2ccccc2[nH]c1=O. The molecule has 2 N–H and O–H groups in total. The van der Waals surface area contributed by atoms with E-state index in [-0.39, 0.29) is 5.56 Å².